The van der Waals surface area contributed by atoms with Crippen LogP contribution in [0.15, 0.2) is 12.3 Å². The van der Waals surface area contributed by atoms with Crippen molar-refractivity contribution in [3.63, 3.8) is 0 Å². The van der Waals surface area contributed by atoms with Crippen molar-refractivity contribution in [1.29, 1.82) is 0 Å². The first kappa shape index (κ1) is 12.1. The molecule has 1 rings (SSSR count). The zero-order valence-corrected chi connectivity index (χ0v) is 8.84. The standard InChI is InChI=1S/C9H11ClF2N2O/c1-15-9-7(5(4-13)8(11)12)6(10)2-3-14-9/h2-3,5,8H,4,13H2,1H3. The van der Waals surface area contributed by atoms with Crippen LogP contribution in [0, 0.1) is 0 Å². The van der Waals surface area contributed by atoms with Crippen LogP contribution in [-0.2, 0) is 0 Å². The zero-order chi connectivity index (χ0) is 11.4. The molecule has 0 bridgehead atoms. The highest BCUT2D eigenvalue weighted by Gasteiger charge is 2.27. The molecule has 1 heterocycles. The maximum Gasteiger partial charge on any atom is 0.246 e. The van der Waals surface area contributed by atoms with Crippen LogP contribution >= 0.6 is 11.6 Å². The highest BCUT2D eigenvalue weighted by Crippen LogP contribution is 2.34. The van der Waals surface area contributed by atoms with E-state index in [-0.39, 0.29) is 23.0 Å². The van der Waals surface area contributed by atoms with Gasteiger partial charge in [-0.3, -0.25) is 0 Å². The van der Waals surface area contributed by atoms with Crippen LogP contribution in [0.5, 0.6) is 5.88 Å². The molecule has 84 valence electrons. The number of ether oxygens (including phenoxy) is 1. The van der Waals surface area contributed by atoms with Gasteiger partial charge in [0.2, 0.25) is 12.3 Å². The lowest BCUT2D eigenvalue weighted by Crippen LogP contribution is -2.21. The molecule has 1 atom stereocenters. The number of rotatable bonds is 4. The van der Waals surface area contributed by atoms with E-state index in [9.17, 15) is 8.78 Å². The Labute approximate surface area is 91.2 Å². The summed E-state index contributed by atoms with van der Waals surface area (Å²) in [6.45, 7) is -0.209. The van der Waals surface area contributed by atoms with E-state index in [1.54, 1.807) is 0 Å². The lowest BCUT2D eigenvalue weighted by Gasteiger charge is -2.17. The SMILES string of the molecule is COc1nccc(Cl)c1C(CN)C(F)F. The van der Waals surface area contributed by atoms with Gasteiger partial charge in [-0.2, -0.15) is 0 Å². The van der Waals surface area contributed by atoms with Crippen molar-refractivity contribution in [3.8, 4) is 5.88 Å². The third-order valence-corrected chi connectivity index (χ3v) is 2.35. The summed E-state index contributed by atoms with van der Waals surface area (Å²) in [6, 6.07) is 1.43. The smallest absolute Gasteiger partial charge is 0.246 e. The Morgan fingerprint density at radius 3 is 2.73 bits per heavy atom. The third-order valence-electron chi connectivity index (χ3n) is 2.02. The number of nitrogens with zero attached hydrogens (tertiary/aromatic N) is 1. The van der Waals surface area contributed by atoms with Crippen molar-refractivity contribution in [2.45, 2.75) is 12.3 Å². The predicted molar refractivity (Wildman–Crippen MR) is 53.6 cm³/mol. The monoisotopic (exact) mass is 236 g/mol. The van der Waals surface area contributed by atoms with Crippen molar-refractivity contribution < 1.29 is 13.5 Å². The first-order valence-corrected chi connectivity index (χ1v) is 4.66. The number of nitrogens with two attached hydrogens (primary N) is 1. The van der Waals surface area contributed by atoms with Crippen molar-refractivity contribution in [3.05, 3.63) is 22.8 Å². The normalized spacial score (nSPS) is 12.9. The van der Waals surface area contributed by atoms with Gasteiger partial charge in [-0.25, -0.2) is 13.8 Å². The van der Waals surface area contributed by atoms with Crippen LogP contribution in [0.4, 0.5) is 8.78 Å². The van der Waals surface area contributed by atoms with E-state index in [4.69, 9.17) is 22.1 Å². The second-order valence-electron chi connectivity index (χ2n) is 2.89. The maximum atomic E-state index is 12.7. The summed E-state index contributed by atoms with van der Waals surface area (Å²) < 4.78 is 30.2. The number of pyridine rings is 1. The summed E-state index contributed by atoms with van der Waals surface area (Å²) in [6.07, 6.45) is -1.20. The van der Waals surface area contributed by atoms with E-state index in [2.05, 4.69) is 4.98 Å². The minimum atomic E-state index is -2.59. The quantitative estimate of drug-likeness (QED) is 0.871. The molecule has 0 radical (unpaired) electrons. The van der Waals surface area contributed by atoms with Crippen LogP contribution in [0.3, 0.4) is 0 Å². The van der Waals surface area contributed by atoms with Crippen LogP contribution in [-0.4, -0.2) is 25.1 Å². The molecule has 0 aliphatic rings. The largest absolute Gasteiger partial charge is 0.481 e. The molecule has 0 fully saturated rings. The summed E-state index contributed by atoms with van der Waals surface area (Å²) in [5, 5.41) is 0.192. The molecule has 1 aromatic rings. The summed E-state index contributed by atoms with van der Waals surface area (Å²) in [7, 11) is 1.35. The number of methoxy groups -OCH3 is 1. The van der Waals surface area contributed by atoms with Gasteiger partial charge in [-0.05, 0) is 6.07 Å². The van der Waals surface area contributed by atoms with Crippen LogP contribution in [0.25, 0.3) is 0 Å². The van der Waals surface area contributed by atoms with Gasteiger partial charge in [0.1, 0.15) is 0 Å². The van der Waals surface area contributed by atoms with Gasteiger partial charge in [0.25, 0.3) is 0 Å². The van der Waals surface area contributed by atoms with Gasteiger partial charge < -0.3 is 10.5 Å². The summed E-state index contributed by atoms with van der Waals surface area (Å²) in [5.41, 5.74) is 5.44. The van der Waals surface area contributed by atoms with E-state index >= 15 is 0 Å². The summed E-state index contributed by atoms with van der Waals surface area (Å²) >= 11 is 5.82. The highest BCUT2D eigenvalue weighted by atomic mass is 35.5. The fourth-order valence-electron chi connectivity index (χ4n) is 1.28. The van der Waals surface area contributed by atoms with Gasteiger partial charge in [0.15, 0.2) is 0 Å². The van der Waals surface area contributed by atoms with Crippen molar-refractivity contribution in [2.24, 2.45) is 5.73 Å². The Morgan fingerprint density at radius 1 is 1.60 bits per heavy atom. The van der Waals surface area contributed by atoms with Gasteiger partial charge >= 0.3 is 0 Å². The Hall–Kier alpha value is -0.940. The molecule has 0 aliphatic carbocycles. The molecule has 6 heteroatoms. The Balaban J connectivity index is 3.20. The van der Waals surface area contributed by atoms with E-state index in [0.717, 1.165) is 0 Å². The molecule has 0 aliphatic heterocycles. The minimum absolute atomic E-state index is 0.0956. The predicted octanol–water partition coefficient (Wildman–Crippen LogP) is 2.05. The molecule has 0 saturated heterocycles. The molecule has 1 unspecified atom stereocenters. The van der Waals surface area contributed by atoms with E-state index in [0.29, 0.717) is 0 Å². The molecular weight excluding hydrogens is 226 g/mol. The van der Waals surface area contributed by atoms with Crippen LogP contribution in [0.1, 0.15) is 11.5 Å². The average Bonchev–Trinajstić information content (AvgIpc) is 2.21. The Bertz CT molecular complexity index is 336. The zero-order valence-electron chi connectivity index (χ0n) is 8.08. The van der Waals surface area contributed by atoms with Crippen molar-refractivity contribution in [2.75, 3.05) is 13.7 Å². The lowest BCUT2D eigenvalue weighted by molar-refractivity contribution is 0.115. The fourth-order valence-corrected chi connectivity index (χ4v) is 1.55. The molecule has 1 aromatic heterocycles. The molecule has 0 amide bonds. The number of halogens is 3. The Morgan fingerprint density at radius 2 is 2.27 bits per heavy atom. The van der Waals surface area contributed by atoms with Gasteiger partial charge in [0, 0.05) is 18.3 Å². The first-order chi connectivity index (χ1) is 7.11. The average molecular weight is 237 g/mol. The number of hydrogen-bond acceptors (Lipinski definition) is 3. The molecule has 2 N–H and O–H groups in total. The Kier molecular flexibility index (Phi) is 4.23. The van der Waals surface area contributed by atoms with Gasteiger partial charge in [-0.15, -0.1) is 0 Å². The van der Waals surface area contributed by atoms with E-state index in [1.807, 2.05) is 0 Å². The van der Waals surface area contributed by atoms with Crippen molar-refractivity contribution in [1.82, 2.24) is 4.98 Å². The highest BCUT2D eigenvalue weighted by molar-refractivity contribution is 6.31. The molecule has 0 spiro atoms. The van der Waals surface area contributed by atoms with E-state index < -0.39 is 12.3 Å². The number of hydrogen-bond donors (Lipinski definition) is 1. The molecule has 3 nitrogen and oxygen atoms in total. The molecule has 0 aromatic carbocycles. The fraction of sp³-hybridized carbons (Fsp3) is 0.444. The topological polar surface area (TPSA) is 48.1 Å². The first-order valence-electron chi connectivity index (χ1n) is 4.28. The number of alkyl halides is 2. The maximum absolute atomic E-state index is 12.7. The lowest BCUT2D eigenvalue weighted by atomic mass is 10.0. The summed E-state index contributed by atoms with van der Waals surface area (Å²) in [4.78, 5) is 3.81. The molecule has 15 heavy (non-hydrogen) atoms. The number of aromatic nitrogens is 1. The summed E-state index contributed by atoms with van der Waals surface area (Å²) in [5.74, 6) is -1.06. The van der Waals surface area contributed by atoms with Gasteiger partial charge in [0.05, 0.1) is 18.1 Å². The second kappa shape index (κ2) is 5.23. The van der Waals surface area contributed by atoms with Crippen LogP contribution < -0.4 is 10.5 Å². The minimum Gasteiger partial charge on any atom is -0.481 e. The second-order valence-corrected chi connectivity index (χ2v) is 3.30. The van der Waals surface area contributed by atoms with Crippen LogP contribution in [0.2, 0.25) is 5.02 Å². The van der Waals surface area contributed by atoms with Gasteiger partial charge in [-0.1, -0.05) is 11.6 Å². The molecular formula is C9H11ClF2N2O. The third kappa shape index (κ3) is 2.54. The van der Waals surface area contributed by atoms with E-state index in [1.165, 1.54) is 19.4 Å². The molecule has 0 saturated carbocycles. The van der Waals surface area contributed by atoms with Crippen molar-refractivity contribution >= 4 is 11.6 Å².